The fourth-order valence-corrected chi connectivity index (χ4v) is 3.08. The molecule has 0 saturated carbocycles. The lowest BCUT2D eigenvalue weighted by molar-refractivity contribution is -0.143. The number of carbonyl (C=O) groups excluding carboxylic acids is 1. The zero-order chi connectivity index (χ0) is 14.9. The molecule has 0 radical (unpaired) electrons. The molecule has 3 N–H and O–H groups in total. The normalized spacial score (nSPS) is 22.0. The van der Waals surface area contributed by atoms with Gasteiger partial charge in [0, 0.05) is 11.6 Å². The van der Waals surface area contributed by atoms with Crippen LogP contribution in [0.4, 0.5) is 5.69 Å². The first kappa shape index (κ1) is 14.7. The van der Waals surface area contributed by atoms with Gasteiger partial charge in [0.1, 0.15) is 5.54 Å². The number of hydrogen-bond donors (Lipinski definition) is 2. The van der Waals surface area contributed by atoms with E-state index in [9.17, 15) is 14.7 Å². The topological polar surface area (TPSA) is 83.6 Å². The van der Waals surface area contributed by atoms with Gasteiger partial charge in [-0.25, -0.2) is 4.79 Å². The Labute approximate surface area is 122 Å². The van der Waals surface area contributed by atoms with Gasteiger partial charge in [-0.1, -0.05) is 18.5 Å². The molecule has 20 heavy (non-hydrogen) atoms. The van der Waals surface area contributed by atoms with Crippen molar-refractivity contribution in [1.82, 2.24) is 0 Å². The van der Waals surface area contributed by atoms with E-state index in [0.29, 0.717) is 30.1 Å². The maximum atomic E-state index is 11.7. The molecule has 1 aromatic rings. The number of nitrogens with zero attached hydrogens (tertiary/aromatic N) is 1. The summed E-state index contributed by atoms with van der Waals surface area (Å²) in [6.07, 6.45) is 1.78. The number of rotatable bonds is 4. The van der Waals surface area contributed by atoms with Crippen molar-refractivity contribution in [2.45, 2.75) is 31.7 Å². The zero-order valence-corrected chi connectivity index (χ0v) is 12.0. The van der Waals surface area contributed by atoms with E-state index < -0.39 is 17.4 Å². The molecule has 0 aliphatic carbocycles. The molecular weight excluding hydrogens is 280 g/mol. The number of nitrogens with two attached hydrogens (primary N) is 1. The molecule has 108 valence electrons. The highest BCUT2D eigenvalue weighted by Crippen LogP contribution is 2.39. The molecule has 1 aliphatic rings. The van der Waals surface area contributed by atoms with E-state index in [1.54, 1.807) is 17.0 Å². The van der Waals surface area contributed by atoms with Gasteiger partial charge in [0.15, 0.2) is 0 Å². The molecule has 0 spiro atoms. The summed E-state index contributed by atoms with van der Waals surface area (Å²) in [6.45, 7) is 2.42. The predicted octanol–water partition coefficient (Wildman–Crippen LogP) is 2.27. The van der Waals surface area contributed by atoms with Crippen LogP contribution in [0.5, 0.6) is 0 Å². The van der Waals surface area contributed by atoms with Gasteiger partial charge in [0.2, 0.25) is 0 Å². The highest BCUT2D eigenvalue weighted by molar-refractivity contribution is 6.31. The van der Waals surface area contributed by atoms with Crippen molar-refractivity contribution in [3.8, 4) is 0 Å². The predicted molar refractivity (Wildman–Crippen MR) is 77.2 cm³/mol. The summed E-state index contributed by atoms with van der Waals surface area (Å²) in [6, 6.07) is 4.80. The van der Waals surface area contributed by atoms with Crippen molar-refractivity contribution in [1.29, 1.82) is 0 Å². The minimum absolute atomic E-state index is 0.262. The minimum Gasteiger partial charge on any atom is -0.479 e. The number of carbonyl (C=O) groups is 2. The van der Waals surface area contributed by atoms with Crippen molar-refractivity contribution in [2.24, 2.45) is 5.73 Å². The van der Waals surface area contributed by atoms with E-state index in [1.807, 2.05) is 6.92 Å². The molecule has 1 saturated heterocycles. The van der Waals surface area contributed by atoms with Crippen LogP contribution in [-0.2, 0) is 4.79 Å². The fourth-order valence-electron chi connectivity index (χ4n) is 2.91. The molecule has 1 aromatic carbocycles. The van der Waals surface area contributed by atoms with Crippen LogP contribution in [0.15, 0.2) is 18.2 Å². The third kappa shape index (κ3) is 2.22. The van der Waals surface area contributed by atoms with Gasteiger partial charge in [0.25, 0.3) is 5.91 Å². The number of amides is 1. The molecule has 2 rings (SSSR count). The lowest BCUT2D eigenvalue weighted by Gasteiger charge is -2.36. The standard InChI is InChI=1S/C14H17ClN2O3/c1-2-14(13(19)20)6-3-7-17(14)11-5-4-9(15)8-10(11)12(16)18/h4-5,8H,2-3,6-7H2,1H3,(H2,16,18)(H,19,20). The summed E-state index contributed by atoms with van der Waals surface area (Å²) in [4.78, 5) is 25.1. The first-order valence-corrected chi connectivity index (χ1v) is 6.90. The van der Waals surface area contributed by atoms with Crippen molar-refractivity contribution in [2.75, 3.05) is 11.4 Å². The first-order valence-electron chi connectivity index (χ1n) is 6.53. The number of aliphatic carboxylic acids is 1. The summed E-state index contributed by atoms with van der Waals surface area (Å²) in [5, 5.41) is 10.00. The Balaban J connectivity index is 2.55. The summed E-state index contributed by atoms with van der Waals surface area (Å²) in [5.41, 5.74) is 5.22. The molecule has 1 amide bonds. The average Bonchev–Trinajstić information content (AvgIpc) is 2.83. The molecular formula is C14H17ClN2O3. The molecule has 0 aromatic heterocycles. The third-order valence-electron chi connectivity index (χ3n) is 3.99. The van der Waals surface area contributed by atoms with Gasteiger partial charge in [0.05, 0.1) is 11.3 Å². The van der Waals surface area contributed by atoms with Gasteiger partial charge in [-0.2, -0.15) is 0 Å². The second-order valence-electron chi connectivity index (χ2n) is 4.97. The molecule has 1 aliphatic heterocycles. The summed E-state index contributed by atoms with van der Waals surface area (Å²) in [5.74, 6) is -1.48. The fraction of sp³-hybridized carbons (Fsp3) is 0.429. The van der Waals surface area contributed by atoms with E-state index in [2.05, 4.69) is 0 Å². The maximum absolute atomic E-state index is 11.7. The van der Waals surface area contributed by atoms with E-state index in [1.165, 1.54) is 6.07 Å². The summed E-state index contributed by atoms with van der Waals surface area (Å²) in [7, 11) is 0. The van der Waals surface area contributed by atoms with Crippen LogP contribution >= 0.6 is 11.6 Å². The second kappa shape index (κ2) is 5.32. The van der Waals surface area contributed by atoms with Crippen LogP contribution in [0.3, 0.4) is 0 Å². The minimum atomic E-state index is -0.974. The van der Waals surface area contributed by atoms with Crippen LogP contribution in [0.25, 0.3) is 0 Å². The molecule has 1 atom stereocenters. The number of carboxylic acid groups (broad SMARTS) is 1. The Kier molecular flexibility index (Phi) is 3.90. The van der Waals surface area contributed by atoms with Gasteiger partial charge in [-0.3, -0.25) is 4.79 Å². The lowest BCUT2D eigenvalue weighted by Crippen LogP contribution is -2.50. The van der Waals surface area contributed by atoms with Crippen LogP contribution in [0.1, 0.15) is 36.5 Å². The zero-order valence-electron chi connectivity index (χ0n) is 11.2. The molecule has 5 nitrogen and oxygen atoms in total. The Hall–Kier alpha value is -1.75. The van der Waals surface area contributed by atoms with Crippen LogP contribution in [0, 0.1) is 0 Å². The van der Waals surface area contributed by atoms with E-state index in [4.69, 9.17) is 17.3 Å². The van der Waals surface area contributed by atoms with Crippen molar-refractivity contribution in [3.05, 3.63) is 28.8 Å². The van der Waals surface area contributed by atoms with Crippen LogP contribution in [-0.4, -0.2) is 29.1 Å². The van der Waals surface area contributed by atoms with Crippen molar-refractivity contribution in [3.63, 3.8) is 0 Å². The molecule has 1 unspecified atom stereocenters. The SMILES string of the molecule is CCC1(C(=O)O)CCCN1c1ccc(Cl)cc1C(N)=O. The molecule has 1 heterocycles. The molecule has 6 heteroatoms. The molecule has 1 fully saturated rings. The smallest absolute Gasteiger partial charge is 0.329 e. The van der Waals surface area contributed by atoms with Crippen LogP contribution < -0.4 is 10.6 Å². The lowest BCUT2D eigenvalue weighted by atomic mass is 9.92. The number of anilines is 1. The molecule has 0 bridgehead atoms. The highest BCUT2D eigenvalue weighted by atomic mass is 35.5. The van der Waals surface area contributed by atoms with E-state index in [0.717, 1.165) is 6.42 Å². The maximum Gasteiger partial charge on any atom is 0.329 e. The van der Waals surface area contributed by atoms with E-state index in [-0.39, 0.29) is 5.56 Å². The quantitative estimate of drug-likeness (QED) is 0.893. The largest absolute Gasteiger partial charge is 0.479 e. The Bertz CT molecular complexity index is 561. The van der Waals surface area contributed by atoms with Gasteiger partial charge >= 0.3 is 5.97 Å². The van der Waals surface area contributed by atoms with Crippen molar-refractivity contribution < 1.29 is 14.7 Å². The van der Waals surface area contributed by atoms with Crippen LogP contribution in [0.2, 0.25) is 5.02 Å². The number of primary amides is 1. The Morgan fingerprint density at radius 1 is 1.50 bits per heavy atom. The Morgan fingerprint density at radius 3 is 2.75 bits per heavy atom. The first-order chi connectivity index (χ1) is 9.42. The number of halogens is 1. The summed E-state index contributed by atoms with van der Waals surface area (Å²) >= 11 is 5.89. The third-order valence-corrected chi connectivity index (χ3v) is 4.22. The second-order valence-corrected chi connectivity index (χ2v) is 5.41. The van der Waals surface area contributed by atoms with Crippen molar-refractivity contribution >= 4 is 29.2 Å². The van der Waals surface area contributed by atoms with Gasteiger partial charge < -0.3 is 15.7 Å². The number of benzene rings is 1. The highest BCUT2D eigenvalue weighted by Gasteiger charge is 2.47. The number of carboxylic acids is 1. The van der Waals surface area contributed by atoms with Gasteiger partial charge in [-0.05, 0) is 37.5 Å². The average molecular weight is 297 g/mol. The number of hydrogen-bond acceptors (Lipinski definition) is 3. The summed E-state index contributed by atoms with van der Waals surface area (Å²) < 4.78 is 0. The Morgan fingerprint density at radius 2 is 2.20 bits per heavy atom. The van der Waals surface area contributed by atoms with Gasteiger partial charge in [-0.15, -0.1) is 0 Å². The van der Waals surface area contributed by atoms with E-state index >= 15 is 0 Å². The monoisotopic (exact) mass is 296 g/mol.